The fourth-order valence-corrected chi connectivity index (χ4v) is 3.47. The molecule has 0 heterocycles. The SMILES string of the molecule is O=C1CCC[C@@]23CCC=C2C[C@@H]13. The number of hydrogen-bond donors (Lipinski definition) is 0. The van der Waals surface area contributed by atoms with E-state index in [9.17, 15) is 4.79 Å². The van der Waals surface area contributed by atoms with Gasteiger partial charge in [0.05, 0.1) is 0 Å². The molecule has 1 nitrogen and oxygen atoms in total. The smallest absolute Gasteiger partial charge is 0.137 e. The summed E-state index contributed by atoms with van der Waals surface area (Å²) in [5.74, 6) is 1.00. The van der Waals surface area contributed by atoms with Crippen LogP contribution in [0.5, 0.6) is 0 Å². The minimum atomic E-state index is 0.412. The molecule has 3 rings (SSSR count). The molecule has 0 aromatic heterocycles. The number of Topliss-reactive ketones (excluding diaryl/α,β-unsaturated/α-hetero) is 1. The minimum absolute atomic E-state index is 0.412. The van der Waals surface area contributed by atoms with E-state index in [1.165, 1.54) is 19.3 Å². The number of carbonyl (C=O) groups is 1. The average molecular weight is 162 g/mol. The molecule has 0 N–H and O–H groups in total. The third-order valence-electron chi connectivity index (χ3n) is 4.15. The molecule has 3 aliphatic rings. The Balaban J connectivity index is 1.98. The molecule has 0 aliphatic heterocycles. The van der Waals surface area contributed by atoms with E-state index in [1.54, 1.807) is 5.57 Å². The van der Waals surface area contributed by atoms with Crippen molar-refractivity contribution >= 4 is 5.78 Å². The zero-order valence-corrected chi connectivity index (χ0v) is 7.31. The van der Waals surface area contributed by atoms with Crippen molar-refractivity contribution in [2.45, 2.75) is 38.5 Å². The summed E-state index contributed by atoms with van der Waals surface area (Å²) >= 11 is 0. The monoisotopic (exact) mass is 162 g/mol. The Kier molecular flexibility index (Phi) is 1.15. The summed E-state index contributed by atoms with van der Waals surface area (Å²) in [5, 5.41) is 0. The Bertz CT molecular complexity index is 277. The van der Waals surface area contributed by atoms with Crippen molar-refractivity contribution in [2.24, 2.45) is 11.3 Å². The predicted octanol–water partition coefficient (Wildman–Crippen LogP) is 2.47. The third kappa shape index (κ3) is 0.596. The topological polar surface area (TPSA) is 17.1 Å². The van der Waals surface area contributed by atoms with Gasteiger partial charge in [-0.2, -0.15) is 0 Å². The highest BCUT2D eigenvalue weighted by Crippen LogP contribution is 2.63. The second-order valence-corrected chi connectivity index (χ2v) is 4.50. The zero-order chi connectivity index (χ0) is 8.18. The van der Waals surface area contributed by atoms with E-state index in [-0.39, 0.29) is 0 Å². The highest BCUT2D eigenvalue weighted by atomic mass is 16.1. The summed E-state index contributed by atoms with van der Waals surface area (Å²) < 4.78 is 0. The lowest BCUT2D eigenvalue weighted by molar-refractivity contribution is -0.133. The molecule has 64 valence electrons. The van der Waals surface area contributed by atoms with Crippen LogP contribution in [0.3, 0.4) is 0 Å². The summed E-state index contributed by atoms with van der Waals surface area (Å²) in [6.07, 6.45) is 9.31. The molecule has 1 heteroatoms. The molecular formula is C11H14O. The maximum Gasteiger partial charge on any atom is 0.137 e. The third-order valence-corrected chi connectivity index (χ3v) is 4.15. The van der Waals surface area contributed by atoms with Crippen molar-refractivity contribution in [1.82, 2.24) is 0 Å². The van der Waals surface area contributed by atoms with Crippen LogP contribution in [0, 0.1) is 11.3 Å². The molecule has 0 saturated heterocycles. The number of rotatable bonds is 0. The van der Waals surface area contributed by atoms with Gasteiger partial charge in [0.25, 0.3) is 0 Å². The number of allylic oxidation sites excluding steroid dienone is 2. The lowest BCUT2D eigenvalue weighted by atomic mass is 9.51. The van der Waals surface area contributed by atoms with Crippen LogP contribution in [0.15, 0.2) is 11.6 Å². The maximum absolute atomic E-state index is 11.6. The molecule has 2 fully saturated rings. The average Bonchev–Trinajstić information content (AvgIpc) is 2.33. The molecule has 2 atom stereocenters. The van der Waals surface area contributed by atoms with Gasteiger partial charge < -0.3 is 0 Å². The van der Waals surface area contributed by atoms with Crippen LogP contribution < -0.4 is 0 Å². The van der Waals surface area contributed by atoms with Crippen LogP contribution in [-0.2, 0) is 4.79 Å². The molecule has 0 unspecified atom stereocenters. The summed E-state index contributed by atoms with van der Waals surface area (Å²) in [7, 11) is 0. The highest BCUT2D eigenvalue weighted by molar-refractivity contribution is 5.85. The van der Waals surface area contributed by atoms with Crippen molar-refractivity contribution < 1.29 is 4.79 Å². The Morgan fingerprint density at radius 3 is 3.17 bits per heavy atom. The minimum Gasteiger partial charge on any atom is -0.299 e. The molecule has 0 aromatic rings. The Morgan fingerprint density at radius 2 is 2.33 bits per heavy atom. The summed E-state index contributed by atoms with van der Waals surface area (Å²) in [6.45, 7) is 0. The lowest BCUT2D eigenvalue weighted by Crippen LogP contribution is -2.47. The highest BCUT2D eigenvalue weighted by Gasteiger charge is 2.56. The fourth-order valence-electron chi connectivity index (χ4n) is 3.47. The second kappa shape index (κ2) is 2.01. The van der Waals surface area contributed by atoms with E-state index in [2.05, 4.69) is 6.08 Å². The van der Waals surface area contributed by atoms with Crippen molar-refractivity contribution in [3.8, 4) is 0 Å². The van der Waals surface area contributed by atoms with Gasteiger partial charge in [0.1, 0.15) is 5.78 Å². The fraction of sp³-hybridized carbons (Fsp3) is 0.727. The molecule has 0 radical (unpaired) electrons. The van der Waals surface area contributed by atoms with Crippen molar-refractivity contribution in [1.29, 1.82) is 0 Å². The van der Waals surface area contributed by atoms with Gasteiger partial charge in [0.15, 0.2) is 0 Å². The Labute approximate surface area is 72.8 Å². The zero-order valence-electron chi connectivity index (χ0n) is 7.31. The first-order valence-electron chi connectivity index (χ1n) is 5.05. The van der Waals surface area contributed by atoms with E-state index in [4.69, 9.17) is 0 Å². The van der Waals surface area contributed by atoms with Crippen molar-refractivity contribution in [3.63, 3.8) is 0 Å². The Morgan fingerprint density at radius 1 is 1.42 bits per heavy atom. The van der Waals surface area contributed by atoms with Gasteiger partial charge in [-0.3, -0.25) is 4.79 Å². The van der Waals surface area contributed by atoms with Crippen LogP contribution in [0.25, 0.3) is 0 Å². The van der Waals surface area contributed by atoms with Gasteiger partial charge in [0.2, 0.25) is 0 Å². The van der Waals surface area contributed by atoms with Gasteiger partial charge in [-0.05, 0) is 32.1 Å². The molecule has 1 spiro atoms. The molecule has 2 saturated carbocycles. The normalized spacial score (nSPS) is 44.5. The first-order chi connectivity index (χ1) is 5.83. The molecule has 3 aliphatic carbocycles. The summed E-state index contributed by atoms with van der Waals surface area (Å²) in [4.78, 5) is 11.6. The predicted molar refractivity (Wildman–Crippen MR) is 46.7 cm³/mol. The van der Waals surface area contributed by atoms with Crippen LogP contribution in [-0.4, -0.2) is 5.78 Å². The van der Waals surface area contributed by atoms with E-state index >= 15 is 0 Å². The van der Waals surface area contributed by atoms with Gasteiger partial charge in [0, 0.05) is 17.8 Å². The molecule has 12 heavy (non-hydrogen) atoms. The second-order valence-electron chi connectivity index (χ2n) is 4.50. The van der Waals surface area contributed by atoms with Gasteiger partial charge in [-0.25, -0.2) is 0 Å². The number of ketones is 1. The van der Waals surface area contributed by atoms with Crippen LogP contribution in [0.4, 0.5) is 0 Å². The largest absolute Gasteiger partial charge is 0.299 e. The van der Waals surface area contributed by atoms with Gasteiger partial charge in [-0.15, -0.1) is 0 Å². The van der Waals surface area contributed by atoms with E-state index in [0.29, 0.717) is 17.1 Å². The molecule has 0 amide bonds. The van der Waals surface area contributed by atoms with Gasteiger partial charge in [-0.1, -0.05) is 11.6 Å². The van der Waals surface area contributed by atoms with Crippen molar-refractivity contribution in [3.05, 3.63) is 11.6 Å². The maximum atomic E-state index is 11.6. The van der Waals surface area contributed by atoms with Crippen molar-refractivity contribution in [2.75, 3.05) is 0 Å². The molecule has 0 aromatic carbocycles. The van der Waals surface area contributed by atoms with Crippen LogP contribution in [0.1, 0.15) is 38.5 Å². The standard InChI is InChI=1S/C11H14O/c12-10-4-2-6-11-5-1-3-8(11)7-9(10)11/h3,9H,1-2,4-7H2/t9-,11-/m0/s1. The summed E-state index contributed by atoms with van der Waals surface area (Å²) in [5.41, 5.74) is 2.04. The molecular weight excluding hydrogens is 148 g/mol. The van der Waals surface area contributed by atoms with E-state index < -0.39 is 0 Å². The van der Waals surface area contributed by atoms with Gasteiger partial charge >= 0.3 is 0 Å². The Hall–Kier alpha value is -0.590. The lowest BCUT2D eigenvalue weighted by Gasteiger charge is -2.51. The van der Waals surface area contributed by atoms with Crippen LogP contribution in [0.2, 0.25) is 0 Å². The van der Waals surface area contributed by atoms with Crippen LogP contribution >= 0.6 is 0 Å². The number of carbonyl (C=O) groups excluding carboxylic acids is 1. The number of hydrogen-bond acceptors (Lipinski definition) is 1. The van der Waals surface area contributed by atoms with E-state index in [1.807, 2.05) is 0 Å². The first kappa shape index (κ1) is 6.88. The quantitative estimate of drug-likeness (QED) is 0.500. The summed E-state index contributed by atoms with van der Waals surface area (Å²) in [6, 6.07) is 0. The first-order valence-corrected chi connectivity index (χ1v) is 5.05. The van der Waals surface area contributed by atoms with E-state index in [0.717, 1.165) is 19.3 Å². The molecule has 0 bridgehead atoms.